The summed E-state index contributed by atoms with van der Waals surface area (Å²) in [6, 6.07) is 24.1. The number of aromatic nitrogens is 3. The average molecular weight is 458 g/mol. The Bertz CT molecular complexity index is 1330. The van der Waals surface area contributed by atoms with E-state index in [1.807, 2.05) is 60.7 Å². The van der Waals surface area contributed by atoms with Gasteiger partial charge in [0.2, 0.25) is 0 Å². The first-order valence-electron chi connectivity index (χ1n) is 10.6. The van der Waals surface area contributed by atoms with Crippen molar-refractivity contribution in [2.75, 3.05) is 0 Å². The Morgan fingerprint density at radius 3 is 2.24 bits per heavy atom. The number of esters is 1. The summed E-state index contributed by atoms with van der Waals surface area (Å²) in [5.74, 6) is -0.734. The van der Waals surface area contributed by atoms with Crippen LogP contribution in [0.2, 0.25) is 0 Å². The first kappa shape index (κ1) is 22.7. The zero-order valence-electron chi connectivity index (χ0n) is 18.2. The van der Waals surface area contributed by atoms with Crippen molar-refractivity contribution in [3.63, 3.8) is 0 Å². The lowest BCUT2D eigenvalue weighted by atomic mass is 10.1. The van der Waals surface area contributed by atoms with Gasteiger partial charge in [0.25, 0.3) is 5.56 Å². The summed E-state index contributed by atoms with van der Waals surface area (Å²) in [6.45, 7) is -0.386. The van der Waals surface area contributed by atoms with Crippen LogP contribution in [0.15, 0.2) is 89.7 Å². The minimum absolute atomic E-state index is 0.0574. The molecule has 0 saturated heterocycles. The second kappa shape index (κ2) is 10.9. The third kappa shape index (κ3) is 5.83. The van der Waals surface area contributed by atoms with Crippen molar-refractivity contribution < 1.29 is 19.1 Å². The van der Waals surface area contributed by atoms with E-state index in [1.54, 1.807) is 24.3 Å². The van der Waals surface area contributed by atoms with Gasteiger partial charge in [0.05, 0.1) is 5.39 Å². The van der Waals surface area contributed by atoms with Gasteiger partial charge in [-0.2, -0.15) is 4.68 Å². The van der Waals surface area contributed by atoms with E-state index in [1.165, 1.54) is 0 Å². The van der Waals surface area contributed by atoms with Gasteiger partial charge in [-0.25, -0.2) is 9.59 Å². The van der Waals surface area contributed by atoms with Crippen molar-refractivity contribution in [2.45, 2.75) is 25.8 Å². The van der Waals surface area contributed by atoms with Crippen LogP contribution in [-0.4, -0.2) is 33.1 Å². The van der Waals surface area contributed by atoms with Crippen LogP contribution in [-0.2, 0) is 34.0 Å². The number of amides is 1. The zero-order chi connectivity index (χ0) is 23.8. The molecular formula is C25H22N4O5. The Balaban J connectivity index is 1.43. The first-order valence-corrected chi connectivity index (χ1v) is 10.6. The van der Waals surface area contributed by atoms with Crippen LogP contribution in [0.5, 0.6) is 0 Å². The molecule has 0 saturated carbocycles. The van der Waals surface area contributed by atoms with Crippen LogP contribution in [0.1, 0.15) is 11.1 Å². The lowest BCUT2D eigenvalue weighted by Crippen LogP contribution is -2.44. The van der Waals surface area contributed by atoms with E-state index in [2.05, 4.69) is 15.6 Å². The van der Waals surface area contributed by atoms with E-state index in [9.17, 15) is 14.4 Å². The van der Waals surface area contributed by atoms with Crippen LogP contribution in [0.3, 0.4) is 0 Å². The van der Waals surface area contributed by atoms with Gasteiger partial charge in [-0.05, 0) is 23.3 Å². The van der Waals surface area contributed by atoms with Crippen LogP contribution in [0.4, 0.5) is 4.79 Å². The molecule has 1 atom stereocenters. The smallest absolute Gasteiger partial charge is 0.408 e. The summed E-state index contributed by atoms with van der Waals surface area (Å²) in [4.78, 5) is 37.8. The summed E-state index contributed by atoms with van der Waals surface area (Å²) in [5.41, 5.74) is 1.64. The number of hydrogen-bond acceptors (Lipinski definition) is 7. The van der Waals surface area contributed by atoms with Crippen LogP contribution in [0, 0.1) is 0 Å². The van der Waals surface area contributed by atoms with Gasteiger partial charge in [-0.3, -0.25) is 4.79 Å². The molecule has 1 amide bonds. The van der Waals surface area contributed by atoms with E-state index in [0.717, 1.165) is 15.8 Å². The number of fused-ring (bicyclic) bond motifs is 1. The predicted molar refractivity (Wildman–Crippen MR) is 124 cm³/mol. The first-order chi connectivity index (χ1) is 16.6. The molecule has 9 nitrogen and oxygen atoms in total. The Hall–Kier alpha value is -4.53. The molecule has 4 aromatic rings. The monoisotopic (exact) mass is 458 g/mol. The highest BCUT2D eigenvalue weighted by atomic mass is 16.6. The molecular weight excluding hydrogens is 436 g/mol. The van der Waals surface area contributed by atoms with Crippen LogP contribution in [0.25, 0.3) is 10.9 Å². The van der Waals surface area contributed by atoms with Crippen molar-refractivity contribution in [3.05, 3.63) is 106 Å². The quantitative estimate of drug-likeness (QED) is 0.404. The number of carbonyl (C=O) groups excluding carboxylic acids is 2. The molecule has 1 N–H and O–H groups in total. The second-order valence-electron chi connectivity index (χ2n) is 7.45. The van der Waals surface area contributed by atoms with E-state index >= 15 is 0 Å². The molecule has 0 aliphatic rings. The van der Waals surface area contributed by atoms with Crippen molar-refractivity contribution in [1.29, 1.82) is 0 Å². The molecule has 1 heterocycles. The maximum Gasteiger partial charge on any atom is 0.408 e. The molecule has 1 aromatic heterocycles. The number of nitrogens with one attached hydrogen (secondary N) is 1. The van der Waals surface area contributed by atoms with Crippen LogP contribution >= 0.6 is 0 Å². The van der Waals surface area contributed by atoms with Gasteiger partial charge in [0.15, 0.2) is 6.73 Å². The lowest BCUT2D eigenvalue weighted by molar-refractivity contribution is -0.150. The van der Waals surface area contributed by atoms with Gasteiger partial charge >= 0.3 is 12.1 Å². The Morgan fingerprint density at radius 1 is 0.853 bits per heavy atom. The van der Waals surface area contributed by atoms with E-state index in [0.29, 0.717) is 10.9 Å². The number of alkyl carbamates (subject to hydrolysis) is 1. The fraction of sp³-hybridized carbons (Fsp3) is 0.160. The molecule has 0 unspecified atom stereocenters. The fourth-order valence-electron chi connectivity index (χ4n) is 3.28. The predicted octanol–water partition coefficient (Wildman–Crippen LogP) is 2.83. The third-order valence-electron chi connectivity index (χ3n) is 5.03. The number of ether oxygens (including phenoxy) is 2. The van der Waals surface area contributed by atoms with E-state index in [-0.39, 0.29) is 13.0 Å². The summed E-state index contributed by atoms with van der Waals surface area (Å²) in [5, 5.41) is 10.7. The highest BCUT2D eigenvalue weighted by Gasteiger charge is 2.24. The molecule has 9 heteroatoms. The molecule has 172 valence electrons. The summed E-state index contributed by atoms with van der Waals surface area (Å²) in [6.07, 6.45) is -0.581. The summed E-state index contributed by atoms with van der Waals surface area (Å²) >= 11 is 0. The molecule has 0 bridgehead atoms. The number of hydrogen-bond donors (Lipinski definition) is 1. The molecule has 0 aliphatic heterocycles. The van der Waals surface area contributed by atoms with E-state index < -0.39 is 30.4 Å². The minimum atomic E-state index is -1.03. The van der Waals surface area contributed by atoms with Gasteiger partial charge in [0, 0.05) is 6.42 Å². The third-order valence-corrected chi connectivity index (χ3v) is 5.03. The zero-order valence-corrected chi connectivity index (χ0v) is 18.2. The number of benzene rings is 3. The molecule has 4 rings (SSSR count). The Labute approximate surface area is 194 Å². The topological polar surface area (TPSA) is 112 Å². The highest BCUT2D eigenvalue weighted by Crippen LogP contribution is 2.07. The number of carbonyl (C=O) groups is 2. The lowest BCUT2D eigenvalue weighted by Gasteiger charge is -2.18. The average Bonchev–Trinajstić information content (AvgIpc) is 2.88. The molecule has 3 aromatic carbocycles. The SMILES string of the molecule is O=C(N[C@@H](Cc1ccccc1)C(=O)OCn1nnc2ccccc2c1=O)OCc1ccccc1. The maximum atomic E-state index is 12.8. The maximum absolute atomic E-state index is 12.8. The largest absolute Gasteiger partial charge is 0.445 e. The molecule has 0 spiro atoms. The van der Waals surface area contributed by atoms with Gasteiger partial charge < -0.3 is 14.8 Å². The van der Waals surface area contributed by atoms with Gasteiger partial charge in [-0.15, -0.1) is 5.10 Å². The van der Waals surface area contributed by atoms with E-state index in [4.69, 9.17) is 9.47 Å². The Kier molecular flexibility index (Phi) is 7.24. The summed E-state index contributed by atoms with van der Waals surface area (Å²) in [7, 11) is 0. The fourth-order valence-corrected chi connectivity index (χ4v) is 3.28. The van der Waals surface area contributed by atoms with Gasteiger partial charge in [-0.1, -0.05) is 78.0 Å². The standard InChI is InChI=1S/C25H22N4O5/c30-23-20-13-7-8-14-21(20)27-28-29(23)17-34-24(31)22(15-18-9-3-1-4-10-18)26-25(32)33-16-19-11-5-2-6-12-19/h1-14,22H,15-17H2,(H,26,32)/t22-/m0/s1. The molecule has 34 heavy (non-hydrogen) atoms. The molecule has 0 fully saturated rings. The normalized spacial score (nSPS) is 11.5. The van der Waals surface area contributed by atoms with Crippen molar-refractivity contribution in [3.8, 4) is 0 Å². The van der Waals surface area contributed by atoms with Crippen LogP contribution < -0.4 is 10.9 Å². The number of rotatable bonds is 8. The minimum Gasteiger partial charge on any atom is -0.445 e. The molecule has 0 radical (unpaired) electrons. The second-order valence-corrected chi connectivity index (χ2v) is 7.45. The molecule has 0 aliphatic carbocycles. The highest BCUT2D eigenvalue weighted by molar-refractivity contribution is 5.81. The van der Waals surface area contributed by atoms with Gasteiger partial charge in [0.1, 0.15) is 18.2 Å². The van der Waals surface area contributed by atoms with Crippen molar-refractivity contribution in [2.24, 2.45) is 0 Å². The van der Waals surface area contributed by atoms with Crippen molar-refractivity contribution in [1.82, 2.24) is 20.3 Å². The summed E-state index contributed by atoms with van der Waals surface area (Å²) < 4.78 is 11.5. The number of nitrogens with zero attached hydrogens (tertiary/aromatic N) is 3. The van der Waals surface area contributed by atoms with Crippen molar-refractivity contribution >= 4 is 23.0 Å². The Morgan fingerprint density at radius 2 is 1.50 bits per heavy atom.